The second-order valence-electron chi connectivity index (χ2n) is 17.9. The molecule has 64 heavy (non-hydrogen) atoms. The lowest BCUT2D eigenvalue weighted by Crippen LogP contribution is -2.54. The molecule has 16 heteroatoms. The Morgan fingerprint density at radius 3 is 2.38 bits per heavy atom. The largest absolute Gasteiger partial charge is 0.378 e. The van der Waals surface area contributed by atoms with E-state index in [9.17, 15) is 4.79 Å². The van der Waals surface area contributed by atoms with Gasteiger partial charge in [0.05, 0.1) is 70.6 Å². The molecule has 0 radical (unpaired) electrons. The minimum atomic E-state index is -4.35. The Balaban J connectivity index is 1.09. The van der Waals surface area contributed by atoms with Crippen LogP contribution in [0.5, 0.6) is 0 Å². The average molecular weight is 885 g/mol. The van der Waals surface area contributed by atoms with Crippen LogP contribution in [0, 0.1) is 25.5 Å². The van der Waals surface area contributed by atoms with Crippen molar-refractivity contribution in [2.24, 2.45) is 7.05 Å². The Morgan fingerprint density at radius 2 is 1.61 bits per heavy atom. The summed E-state index contributed by atoms with van der Waals surface area (Å²) in [5.74, 6) is -0.495. The predicted molar refractivity (Wildman–Crippen MR) is 238 cm³/mol. The summed E-state index contributed by atoms with van der Waals surface area (Å²) in [7, 11) is -2.64. The van der Waals surface area contributed by atoms with E-state index in [1.165, 1.54) is 38.1 Å². The number of aryl methyl sites for hydroxylation is 3. The van der Waals surface area contributed by atoms with Crippen LogP contribution in [0.1, 0.15) is 66.6 Å². The van der Waals surface area contributed by atoms with E-state index in [1.54, 1.807) is 59.1 Å². The number of benzene rings is 4. The molecular weight excluding hydrogens is 839 g/mol. The maximum absolute atomic E-state index is 16.2. The Morgan fingerprint density at radius 1 is 0.859 bits per heavy atom. The topological polar surface area (TPSA) is 123 Å². The second kappa shape index (κ2) is 14.7. The van der Waals surface area contributed by atoms with Crippen LogP contribution in [-0.4, -0.2) is 77.4 Å². The first-order chi connectivity index (χ1) is 30.7. The van der Waals surface area contributed by atoms with E-state index in [0.29, 0.717) is 45.9 Å². The standard InChI is InChI=1S/C48H46F2N8O5S/c1-28-19-34(20-29(2)44(28)49)57-46(55-17-16-54(47(55)59)40-14-13-39-36(45(40)50)25-51-53(39)5)43-37(52-57)23-35-26-62-27-41(43)58(35)64(60,61)42-22-32-21-30(31-15-18-63-48(3,4)24-31)11-12-38(32)56(42)33-9-7-6-8-10-33/h6-14,16-17,19-22,25,31,35,41H,15,18,23-24,26-27H2,1-5H3/t31-,35-,41-/m0/s1. The molecule has 8 aromatic rings. The van der Waals surface area contributed by atoms with Gasteiger partial charge in [-0.2, -0.15) is 14.5 Å². The summed E-state index contributed by atoms with van der Waals surface area (Å²) in [6.45, 7) is 8.25. The van der Waals surface area contributed by atoms with Crippen molar-refractivity contribution in [3.05, 3.63) is 148 Å². The monoisotopic (exact) mass is 884 g/mol. The molecule has 11 rings (SSSR count). The number of hydrogen-bond acceptors (Lipinski definition) is 7. The fourth-order valence-electron chi connectivity index (χ4n) is 10.3. The minimum Gasteiger partial charge on any atom is -0.378 e. The first kappa shape index (κ1) is 40.6. The Hall–Kier alpha value is -6.20. The lowest BCUT2D eigenvalue weighted by Gasteiger charge is -2.44. The molecule has 3 aliphatic heterocycles. The second-order valence-corrected chi connectivity index (χ2v) is 19.7. The number of imidazole rings is 1. The lowest BCUT2D eigenvalue weighted by atomic mass is 9.83. The molecule has 0 saturated carbocycles. The summed E-state index contributed by atoms with van der Waals surface area (Å²) in [4.78, 5) is 14.7. The van der Waals surface area contributed by atoms with Crippen molar-refractivity contribution in [2.75, 3.05) is 19.8 Å². The first-order valence-corrected chi connectivity index (χ1v) is 22.9. The van der Waals surface area contributed by atoms with Crippen molar-refractivity contribution in [2.45, 2.75) is 75.6 Å². The third kappa shape index (κ3) is 6.25. The number of hydrogen-bond donors (Lipinski definition) is 0. The van der Waals surface area contributed by atoms with Crippen molar-refractivity contribution in [1.29, 1.82) is 0 Å². The summed E-state index contributed by atoms with van der Waals surface area (Å²) < 4.78 is 84.0. The molecule has 0 spiro atoms. The van der Waals surface area contributed by atoms with Gasteiger partial charge in [0.15, 0.2) is 10.8 Å². The van der Waals surface area contributed by atoms with E-state index in [4.69, 9.17) is 14.6 Å². The van der Waals surface area contributed by atoms with Crippen LogP contribution in [0.4, 0.5) is 8.78 Å². The zero-order chi connectivity index (χ0) is 44.4. The predicted octanol–water partition coefficient (Wildman–Crippen LogP) is 7.90. The number of fused-ring (bicyclic) bond motifs is 6. The summed E-state index contributed by atoms with van der Waals surface area (Å²) in [6, 6.07) is 22.4. The fraction of sp³-hybridized carbons (Fsp3) is 0.312. The molecular formula is C48H46F2N8O5S. The lowest BCUT2D eigenvalue weighted by molar-refractivity contribution is -0.0592. The molecule has 2 saturated heterocycles. The first-order valence-electron chi connectivity index (χ1n) is 21.5. The van der Waals surface area contributed by atoms with Gasteiger partial charge in [-0.05, 0) is 118 Å². The van der Waals surface area contributed by atoms with E-state index in [-0.39, 0.29) is 58.9 Å². The maximum atomic E-state index is 16.2. The molecule has 0 aliphatic carbocycles. The molecule has 2 fully saturated rings. The van der Waals surface area contributed by atoms with E-state index >= 15 is 17.2 Å². The molecule has 7 heterocycles. The fourth-order valence-corrected chi connectivity index (χ4v) is 12.2. The average Bonchev–Trinajstić information content (AvgIpc) is 4.05. The number of para-hydroxylation sites is 1. The smallest absolute Gasteiger partial charge is 0.338 e. The van der Waals surface area contributed by atoms with Gasteiger partial charge in [0.25, 0.3) is 10.0 Å². The molecule has 3 aliphatic rings. The summed E-state index contributed by atoms with van der Waals surface area (Å²) in [6.07, 6.45) is 6.29. The van der Waals surface area contributed by atoms with Crippen molar-refractivity contribution in [3.63, 3.8) is 0 Å². The van der Waals surface area contributed by atoms with Gasteiger partial charge in [-0.25, -0.2) is 26.7 Å². The SMILES string of the molecule is Cc1cc(-n2nc3c(c2-n2ccn(-c4ccc5c(cnn5C)c4F)c2=O)[C@@H]2COC[C@H](C3)N2S(=O)(=O)c2cc3cc([C@H]4CCOC(C)(C)C4)ccc3n2-c2ccccc2)cc(C)c1F. The molecule has 0 unspecified atom stereocenters. The number of rotatable bonds is 7. The van der Waals surface area contributed by atoms with Crippen LogP contribution in [0.25, 0.3) is 44.7 Å². The van der Waals surface area contributed by atoms with Crippen LogP contribution in [0.15, 0.2) is 107 Å². The Labute approximate surface area is 367 Å². The van der Waals surface area contributed by atoms with Crippen molar-refractivity contribution in [3.8, 4) is 22.9 Å². The quantitative estimate of drug-likeness (QED) is 0.160. The number of aromatic nitrogens is 7. The zero-order valence-electron chi connectivity index (χ0n) is 36.0. The van der Waals surface area contributed by atoms with Crippen LogP contribution in [0.2, 0.25) is 0 Å². The Kier molecular flexibility index (Phi) is 9.30. The number of morpholine rings is 1. The minimum absolute atomic E-state index is 0.0142. The van der Waals surface area contributed by atoms with E-state index < -0.39 is 33.6 Å². The maximum Gasteiger partial charge on any atom is 0.338 e. The van der Waals surface area contributed by atoms with Crippen molar-refractivity contribution in [1.82, 2.24) is 37.6 Å². The number of nitrogens with zero attached hydrogens (tertiary/aromatic N) is 8. The van der Waals surface area contributed by atoms with Crippen molar-refractivity contribution < 1.29 is 26.7 Å². The van der Waals surface area contributed by atoms with Gasteiger partial charge in [-0.1, -0.05) is 24.3 Å². The summed E-state index contributed by atoms with van der Waals surface area (Å²) in [5.41, 5.74) is 4.51. The molecule has 328 valence electrons. The highest BCUT2D eigenvalue weighted by atomic mass is 32.2. The highest BCUT2D eigenvalue weighted by Gasteiger charge is 2.50. The van der Waals surface area contributed by atoms with Crippen molar-refractivity contribution >= 4 is 31.8 Å². The molecule has 4 aromatic heterocycles. The van der Waals surface area contributed by atoms with Crippen LogP contribution >= 0.6 is 0 Å². The third-order valence-corrected chi connectivity index (χ3v) is 15.2. The van der Waals surface area contributed by atoms with Gasteiger partial charge in [0, 0.05) is 49.1 Å². The molecule has 13 nitrogen and oxygen atoms in total. The number of sulfonamides is 1. The van der Waals surface area contributed by atoms with Gasteiger partial charge in [-0.15, -0.1) is 0 Å². The van der Waals surface area contributed by atoms with E-state index in [0.717, 1.165) is 29.3 Å². The van der Waals surface area contributed by atoms with Crippen LogP contribution < -0.4 is 5.69 Å². The van der Waals surface area contributed by atoms with Gasteiger partial charge >= 0.3 is 5.69 Å². The highest BCUT2D eigenvalue weighted by molar-refractivity contribution is 7.89. The number of halogens is 2. The normalized spacial score (nSPS) is 20.0. The van der Waals surface area contributed by atoms with Crippen LogP contribution in [0.3, 0.4) is 0 Å². The molecule has 4 aromatic carbocycles. The summed E-state index contributed by atoms with van der Waals surface area (Å²) >= 11 is 0. The van der Waals surface area contributed by atoms with Crippen LogP contribution in [-0.2, 0) is 33.0 Å². The van der Waals surface area contributed by atoms with Gasteiger partial charge in [0.2, 0.25) is 0 Å². The van der Waals surface area contributed by atoms with E-state index in [1.807, 2.05) is 36.4 Å². The highest BCUT2D eigenvalue weighted by Crippen LogP contribution is 2.45. The molecule has 2 bridgehead atoms. The zero-order valence-corrected chi connectivity index (χ0v) is 36.8. The van der Waals surface area contributed by atoms with Gasteiger partial charge in [-0.3, -0.25) is 18.4 Å². The molecule has 0 amide bonds. The number of ether oxygens (including phenoxy) is 2. The molecule has 0 N–H and O–H groups in total. The molecule has 3 atom stereocenters. The van der Waals surface area contributed by atoms with E-state index in [2.05, 4.69) is 31.1 Å². The van der Waals surface area contributed by atoms with Gasteiger partial charge in [0.1, 0.15) is 11.6 Å². The summed E-state index contributed by atoms with van der Waals surface area (Å²) in [5, 5.41) is 10.4. The third-order valence-electron chi connectivity index (χ3n) is 13.3. The van der Waals surface area contributed by atoms with Gasteiger partial charge < -0.3 is 9.47 Å². The Bertz CT molecular complexity index is 3340.